The fourth-order valence-electron chi connectivity index (χ4n) is 1.94. The molecule has 4 nitrogen and oxygen atoms in total. The summed E-state index contributed by atoms with van der Waals surface area (Å²) in [7, 11) is 0. The molecule has 1 atom stereocenters. The zero-order valence-electron chi connectivity index (χ0n) is 12.5. The molecule has 0 radical (unpaired) electrons. The Morgan fingerprint density at radius 2 is 2.23 bits per heavy atom. The number of nitrogens with zero attached hydrogens (tertiary/aromatic N) is 1. The van der Waals surface area contributed by atoms with Gasteiger partial charge in [0.25, 0.3) is 0 Å². The Labute approximate surface area is 133 Å². The summed E-state index contributed by atoms with van der Waals surface area (Å²) < 4.78 is 13.1. The number of aliphatic hydroxyl groups is 1. The van der Waals surface area contributed by atoms with Crippen molar-refractivity contribution in [1.82, 2.24) is 10.3 Å². The van der Waals surface area contributed by atoms with Gasteiger partial charge < -0.3 is 10.4 Å². The minimum atomic E-state index is -1.02. The van der Waals surface area contributed by atoms with E-state index in [4.69, 9.17) is 0 Å². The predicted molar refractivity (Wildman–Crippen MR) is 84.0 cm³/mol. The monoisotopic (exact) mass is 322 g/mol. The van der Waals surface area contributed by atoms with E-state index in [-0.39, 0.29) is 12.3 Å². The van der Waals surface area contributed by atoms with Crippen LogP contribution in [0.15, 0.2) is 29.6 Å². The molecule has 6 heteroatoms. The third kappa shape index (κ3) is 4.61. The van der Waals surface area contributed by atoms with Gasteiger partial charge in [0.1, 0.15) is 5.82 Å². The standard InChI is InChI=1S/C16H19FN2O2S/c1-10(2)16-19-13(9-22-16)8-18-15(21)7-14(20)11-4-3-5-12(17)6-11/h3-6,9-10,14,20H,7-8H2,1-2H3,(H,18,21). The van der Waals surface area contributed by atoms with Gasteiger partial charge in [-0.25, -0.2) is 9.37 Å². The number of nitrogens with one attached hydrogen (secondary N) is 1. The highest BCUT2D eigenvalue weighted by atomic mass is 32.1. The Morgan fingerprint density at radius 1 is 1.45 bits per heavy atom. The first kappa shape index (κ1) is 16.6. The normalized spacial score (nSPS) is 12.4. The smallest absolute Gasteiger partial charge is 0.223 e. The van der Waals surface area contributed by atoms with E-state index in [9.17, 15) is 14.3 Å². The molecule has 0 aliphatic carbocycles. The van der Waals surface area contributed by atoms with Crippen LogP contribution in [-0.4, -0.2) is 16.0 Å². The number of rotatable bonds is 6. The van der Waals surface area contributed by atoms with Crippen LogP contribution in [0.5, 0.6) is 0 Å². The number of amides is 1. The highest BCUT2D eigenvalue weighted by molar-refractivity contribution is 7.09. The maximum atomic E-state index is 13.1. The lowest BCUT2D eigenvalue weighted by Gasteiger charge is -2.11. The van der Waals surface area contributed by atoms with E-state index < -0.39 is 11.9 Å². The molecule has 22 heavy (non-hydrogen) atoms. The average molecular weight is 322 g/mol. The zero-order valence-corrected chi connectivity index (χ0v) is 13.4. The SMILES string of the molecule is CC(C)c1nc(CNC(=O)CC(O)c2cccc(F)c2)cs1. The number of carbonyl (C=O) groups excluding carboxylic acids is 1. The zero-order chi connectivity index (χ0) is 16.1. The Morgan fingerprint density at radius 3 is 2.86 bits per heavy atom. The molecule has 1 heterocycles. The highest BCUT2D eigenvalue weighted by Crippen LogP contribution is 2.19. The molecular formula is C16H19FN2O2S. The molecule has 0 aliphatic rings. The molecule has 0 spiro atoms. The van der Waals surface area contributed by atoms with Gasteiger partial charge in [-0.3, -0.25) is 4.79 Å². The summed E-state index contributed by atoms with van der Waals surface area (Å²) in [5, 5.41) is 15.6. The molecule has 1 unspecified atom stereocenters. The van der Waals surface area contributed by atoms with E-state index in [2.05, 4.69) is 24.1 Å². The summed E-state index contributed by atoms with van der Waals surface area (Å²) in [5.41, 5.74) is 1.20. The van der Waals surface area contributed by atoms with Crippen molar-refractivity contribution in [3.8, 4) is 0 Å². The van der Waals surface area contributed by atoms with Crippen LogP contribution in [0.2, 0.25) is 0 Å². The van der Waals surface area contributed by atoms with Crippen molar-refractivity contribution in [2.45, 2.75) is 38.8 Å². The largest absolute Gasteiger partial charge is 0.388 e. The molecular weight excluding hydrogens is 303 g/mol. The molecule has 0 saturated carbocycles. The first-order chi connectivity index (χ1) is 10.5. The van der Waals surface area contributed by atoms with Crippen LogP contribution in [0.3, 0.4) is 0 Å². The van der Waals surface area contributed by atoms with Crippen molar-refractivity contribution < 1.29 is 14.3 Å². The fraction of sp³-hybridized carbons (Fsp3) is 0.375. The fourth-order valence-corrected chi connectivity index (χ4v) is 2.77. The average Bonchev–Trinajstić information content (AvgIpc) is 2.94. The van der Waals surface area contributed by atoms with Gasteiger partial charge in [0.15, 0.2) is 0 Å². The molecule has 0 bridgehead atoms. The first-order valence-corrected chi connectivity index (χ1v) is 7.98. The Kier molecular flexibility index (Phi) is 5.63. The van der Waals surface area contributed by atoms with Crippen molar-refractivity contribution >= 4 is 17.2 Å². The minimum Gasteiger partial charge on any atom is -0.388 e. The molecule has 118 valence electrons. The van der Waals surface area contributed by atoms with Gasteiger partial charge in [-0.1, -0.05) is 26.0 Å². The van der Waals surface area contributed by atoms with Crippen LogP contribution in [0.4, 0.5) is 4.39 Å². The van der Waals surface area contributed by atoms with Gasteiger partial charge in [0.2, 0.25) is 5.91 Å². The number of aromatic nitrogens is 1. The number of aliphatic hydroxyl groups excluding tert-OH is 1. The Balaban J connectivity index is 1.84. The quantitative estimate of drug-likeness (QED) is 0.859. The topological polar surface area (TPSA) is 62.2 Å². The van der Waals surface area contributed by atoms with Gasteiger partial charge in [0, 0.05) is 11.3 Å². The number of hydrogen-bond donors (Lipinski definition) is 2. The van der Waals surface area contributed by atoms with Gasteiger partial charge in [-0.2, -0.15) is 0 Å². The number of carbonyl (C=O) groups is 1. The number of thiazole rings is 1. The van der Waals surface area contributed by atoms with Crippen molar-refractivity contribution in [1.29, 1.82) is 0 Å². The van der Waals surface area contributed by atoms with E-state index in [1.165, 1.54) is 18.2 Å². The second-order valence-electron chi connectivity index (χ2n) is 5.38. The van der Waals surface area contributed by atoms with E-state index in [0.717, 1.165) is 10.7 Å². The molecule has 1 aromatic carbocycles. The van der Waals surface area contributed by atoms with Crippen LogP contribution in [0.1, 0.15) is 48.6 Å². The predicted octanol–water partition coefficient (Wildman–Crippen LogP) is 3.15. The van der Waals surface area contributed by atoms with E-state index >= 15 is 0 Å². The third-order valence-electron chi connectivity index (χ3n) is 3.14. The van der Waals surface area contributed by atoms with Crippen molar-refractivity contribution in [3.63, 3.8) is 0 Å². The van der Waals surface area contributed by atoms with Crippen molar-refractivity contribution in [2.75, 3.05) is 0 Å². The summed E-state index contributed by atoms with van der Waals surface area (Å²) in [5.74, 6) is -0.360. The second-order valence-corrected chi connectivity index (χ2v) is 6.27. The van der Waals surface area contributed by atoms with Crippen LogP contribution < -0.4 is 5.32 Å². The molecule has 2 N–H and O–H groups in total. The molecule has 2 rings (SSSR count). The van der Waals surface area contributed by atoms with Gasteiger partial charge in [-0.15, -0.1) is 11.3 Å². The lowest BCUT2D eigenvalue weighted by atomic mass is 10.1. The Bertz CT molecular complexity index is 643. The van der Waals surface area contributed by atoms with Gasteiger partial charge in [0.05, 0.1) is 29.8 Å². The summed E-state index contributed by atoms with van der Waals surface area (Å²) in [6.07, 6.45) is -1.12. The molecule has 0 saturated heterocycles. The van der Waals surface area contributed by atoms with Crippen LogP contribution in [0.25, 0.3) is 0 Å². The molecule has 0 fully saturated rings. The number of benzene rings is 1. The summed E-state index contributed by atoms with van der Waals surface area (Å²) >= 11 is 1.57. The van der Waals surface area contributed by atoms with Gasteiger partial charge in [-0.05, 0) is 17.7 Å². The molecule has 1 amide bonds. The summed E-state index contributed by atoms with van der Waals surface area (Å²) in [6.45, 7) is 4.46. The summed E-state index contributed by atoms with van der Waals surface area (Å²) in [6, 6.07) is 5.63. The maximum absolute atomic E-state index is 13.1. The summed E-state index contributed by atoms with van der Waals surface area (Å²) in [4.78, 5) is 16.3. The number of halogens is 1. The van der Waals surface area contributed by atoms with E-state index in [1.807, 2.05) is 5.38 Å². The Hall–Kier alpha value is -1.79. The van der Waals surface area contributed by atoms with Crippen LogP contribution >= 0.6 is 11.3 Å². The van der Waals surface area contributed by atoms with Gasteiger partial charge >= 0.3 is 0 Å². The highest BCUT2D eigenvalue weighted by Gasteiger charge is 2.14. The lowest BCUT2D eigenvalue weighted by Crippen LogP contribution is -2.24. The first-order valence-electron chi connectivity index (χ1n) is 7.10. The van der Waals surface area contributed by atoms with Crippen molar-refractivity contribution in [2.24, 2.45) is 0 Å². The van der Waals surface area contributed by atoms with Crippen LogP contribution in [0, 0.1) is 5.82 Å². The molecule has 0 aliphatic heterocycles. The minimum absolute atomic E-state index is 0.107. The third-order valence-corrected chi connectivity index (χ3v) is 4.34. The molecule has 2 aromatic rings. The second kappa shape index (κ2) is 7.47. The lowest BCUT2D eigenvalue weighted by molar-refractivity contribution is -0.123. The van der Waals surface area contributed by atoms with E-state index in [1.54, 1.807) is 17.4 Å². The van der Waals surface area contributed by atoms with E-state index in [0.29, 0.717) is 18.0 Å². The maximum Gasteiger partial charge on any atom is 0.223 e. The van der Waals surface area contributed by atoms with Crippen LogP contribution in [-0.2, 0) is 11.3 Å². The molecule has 1 aromatic heterocycles. The number of hydrogen-bond acceptors (Lipinski definition) is 4. The van der Waals surface area contributed by atoms with Crippen molar-refractivity contribution in [3.05, 3.63) is 51.7 Å².